The normalized spacial score (nSPS) is 13.7. The fourth-order valence-electron chi connectivity index (χ4n) is 2.62. The number of aromatic nitrogens is 1. The molecule has 2 N–H and O–H groups in total. The Morgan fingerprint density at radius 1 is 1.04 bits per heavy atom. The number of pyridine rings is 1. The number of nitrogens with zero attached hydrogens (tertiary/aromatic N) is 1. The van der Waals surface area contributed by atoms with E-state index in [0.29, 0.717) is 11.6 Å². The molecule has 0 saturated heterocycles. The van der Waals surface area contributed by atoms with Crippen LogP contribution in [0.5, 0.6) is 0 Å². The number of hydrogen-bond acceptors (Lipinski definition) is 3. The minimum atomic E-state index is -0.123. The van der Waals surface area contributed by atoms with Gasteiger partial charge in [-0.05, 0) is 36.4 Å². The van der Waals surface area contributed by atoms with Crippen LogP contribution >= 0.6 is 0 Å². The SMILES string of the molecule is O=C(Nc1cccc2ccccc12)c1ccnc(NC2CC2)c1. The number of hydrogen-bond donors (Lipinski definition) is 2. The summed E-state index contributed by atoms with van der Waals surface area (Å²) >= 11 is 0. The van der Waals surface area contributed by atoms with Gasteiger partial charge in [-0.25, -0.2) is 4.98 Å². The molecular formula is C19H17N3O. The zero-order valence-electron chi connectivity index (χ0n) is 12.6. The van der Waals surface area contributed by atoms with Gasteiger partial charge in [0.2, 0.25) is 0 Å². The fraction of sp³-hybridized carbons (Fsp3) is 0.158. The van der Waals surface area contributed by atoms with Crippen molar-refractivity contribution in [2.24, 2.45) is 0 Å². The van der Waals surface area contributed by atoms with E-state index in [1.54, 1.807) is 18.3 Å². The van der Waals surface area contributed by atoms with Gasteiger partial charge in [-0.15, -0.1) is 0 Å². The van der Waals surface area contributed by atoms with Gasteiger partial charge in [-0.2, -0.15) is 0 Å². The average Bonchev–Trinajstić information content (AvgIpc) is 3.39. The first-order valence-corrected chi connectivity index (χ1v) is 7.81. The van der Waals surface area contributed by atoms with Gasteiger partial charge >= 0.3 is 0 Å². The molecule has 1 saturated carbocycles. The Morgan fingerprint density at radius 2 is 1.87 bits per heavy atom. The molecule has 1 heterocycles. The molecule has 0 unspecified atom stereocenters. The molecule has 2 aromatic carbocycles. The summed E-state index contributed by atoms with van der Waals surface area (Å²) in [5, 5.41) is 8.46. The van der Waals surface area contributed by atoms with Crippen molar-refractivity contribution in [3.05, 3.63) is 66.4 Å². The molecule has 1 fully saturated rings. The van der Waals surface area contributed by atoms with E-state index in [1.807, 2.05) is 42.5 Å². The number of benzene rings is 2. The summed E-state index contributed by atoms with van der Waals surface area (Å²) in [4.78, 5) is 16.8. The first-order valence-electron chi connectivity index (χ1n) is 7.81. The lowest BCUT2D eigenvalue weighted by Gasteiger charge is -2.10. The van der Waals surface area contributed by atoms with Gasteiger partial charge in [0.25, 0.3) is 5.91 Å². The maximum absolute atomic E-state index is 12.5. The van der Waals surface area contributed by atoms with Crippen molar-refractivity contribution in [2.45, 2.75) is 18.9 Å². The number of carbonyl (C=O) groups is 1. The molecule has 3 aromatic rings. The van der Waals surface area contributed by atoms with Crippen molar-refractivity contribution in [1.29, 1.82) is 0 Å². The van der Waals surface area contributed by atoms with Crippen molar-refractivity contribution in [3.63, 3.8) is 0 Å². The van der Waals surface area contributed by atoms with Crippen LogP contribution in [0.3, 0.4) is 0 Å². The zero-order chi connectivity index (χ0) is 15.6. The Balaban J connectivity index is 1.59. The molecule has 0 bridgehead atoms. The molecule has 1 aliphatic carbocycles. The third-order valence-electron chi connectivity index (χ3n) is 3.99. The Morgan fingerprint density at radius 3 is 2.74 bits per heavy atom. The van der Waals surface area contributed by atoms with Crippen LogP contribution in [0.2, 0.25) is 0 Å². The zero-order valence-corrected chi connectivity index (χ0v) is 12.6. The van der Waals surface area contributed by atoms with Crippen LogP contribution in [-0.4, -0.2) is 16.9 Å². The molecule has 4 nitrogen and oxygen atoms in total. The lowest BCUT2D eigenvalue weighted by atomic mass is 10.1. The fourth-order valence-corrected chi connectivity index (χ4v) is 2.62. The van der Waals surface area contributed by atoms with Crippen LogP contribution in [0, 0.1) is 0 Å². The maximum atomic E-state index is 12.5. The van der Waals surface area contributed by atoms with Crippen LogP contribution in [0.25, 0.3) is 10.8 Å². The van der Waals surface area contributed by atoms with E-state index in [0.717, 1.165) is 22.3 Å². The summed E-state index contributed by atoms with van der Waals surface area (Å²) in [6.07, 6.45) is 4.02. The van der Waals surface area contributed by atoms with Crippen LogP contribution in [-0.2, 0) is 0 Å². The molecule has 4 rings (SSSR count). The van der Waals surface area contributed by atoms with Crippen molar-refractivity contribution in [1.82, 2.24) is 4.98 Å². The number of rotatable bonds is 4. The Labute approximate surface area is 134 Å². The Kier molecular flexibility index (Phi) is 3.42. The van der Waals surface area contributed by atoms with Crippen LogP contribution < -0.4 is 10.6 Å². The van der Waals surface area contributed by atoms with Gasteiger partial charge in [0.05, 0.1) is 0 Å². The van der Waals surface area contributed by atoms with Gasteiger partial charge in [0.1, 0.15) is 5.82 Å². The first kappa shape index (κ1) is 13.8. The molecule has 23 heavy (non-hydrogen) atoms. The van der Waals surface area contributed by atoms with E-state index in [2.05, 4.69) is 15.6 Å². The summed E-state index contributed by atoms with van der Waals surface area (Å²) < 4.78 is 0. The minimum absolute atomic E-state index is 0.123. The summed E-state index contributed by atoms with van der Waals surface area (Å²) in [6, 6.07) is 18.0. The number of carbonyl (C=O) groups excluding carboxylic acids is 1. The monoisotopic (exact) mass is 303 g/mol. The highest BCUT2D eigenvalue weighted by Gasteiger charge is 2.21. The third kappa shape index (κ3) is 3.01. The Bertz CT molecular complexity index is 866. The van der Waals surface area contributed by atoms with E-state index < -0.39 is 0 Å². The van der Waals surface area contributed by atoms with Gasteiger partial charge in [0, 0.05) is 28.9 Å². The predicted octanol–water partition coefficient (Wildman–Crippen LogP) is 4.06. The quantitative estimate of drug-likeness (QED) is 0.764. The highest BCUT2D eigenvalue weighted by Crippen LogP contribution is 2.25. The summed E-state index contributed by atoms with van der Waals surface area (Å²) in [5.74, 6) is 0.640. The number of fused-ring (bicyclic) bond motifs is 1. The average molecular weight is 303 g/mol. The minimum Gasteiger partial charge on any atom is -0.367 e. The number of amides is 1. The Hall–Kier alpha value is -2.88. The molecule has 0 atom stereocenters. The van der Waals surface area contributed by atoms with Gasteiger partial charge in [-0.3, -0.25) is 4.79 Å². The molecule has 4 heteroatoms. The maximum Gasteiger partial charge on any atom is 0.255 e. The summed E-state index contributed by atoms with van der Waals surface area (Å²) in [5.41, 5.74) is 1.43. The highest BCUT2D eigenvalue weighted by atomic mass is 16.1. The van der Waals surface area contributed by atoms with E-state index in [4.69, 9.17) is 0 Å². The lowest BCUT2D eigenvalue weighted by molar-refractivity contribution is 0.102. The molecule has 0 aliphatic heterocycles. The topological polar surface area (TPSA) is 54.0 Å². The number of nitrogens with one attached hydrogen (secondary N) is 2. The van der Waals surface area contributed by atoms with E-state index in [1.165, 1.54) is 12.8 Å². The van der Waals surface area contributed by atoms with E-state index in [-0.39, 0.29) is 5.91 Å². The van der Waals surface area contributed by atoms with Gasteiger partial charge in [0.15, 0.2) is 0 Å². The molecule has 114 valence electrons. The van der Waals surface area contributed by atoms with Crippen molar-refractivity contribution in [2.75, 3.05) is 10.6 Å². The molecule has 0 spiro atoms. The standard InChI is InChI=1S/C19H17N3O/c23-19(14-10-11-20-18(12-14)21-15-8-9-15)22-17-7-3-5-13-4-1-2-6-16(13)17/h1-7,10-12,15H,8-9H2,(H,20,21)(H,22,23). The van der Waals surface area contributed by atoms with Crippen molar-refractivity contribution >= 4 is 28.2 Å². The highest BCUT2D eigenvalue weighted by molar-refractivity contribution is 6.09. The molecule has 1 aromatic heterocycles. The van der Waals surface area contributed by atoms with E-state index in [9.17, 15) is 4.79 Å². The largest absolute Gasteiger partial charge is 0.367 e. The third-order valence-corrected chi connectivity index (χ3v) is 3.99. The van der Waals surface area contributed by atoms with Crippen LogP contribution in [0.15, 0.2) is 60.8 Å². The lowest BCUT2D eigenvalue weighted by Crippen LogP contribution is -2.13. The summed E-state index contributed by atoms with van der Waals surface area (Å²) in [7, 11) is 0. The van der Waals surface area contributed by atoms with Crippen LogP contribution in [0.1, 0.15) is 23.2 Å². The van der Waals surface area contributed by atoms with Gasteiger partial charge in [-0.1, -0.05) is 36.4 Å². The molecule has 1 aliphatic rings. The van der Waals surface area contributed by atoms with E-state index >= 15 is 0 Å². The van der Waals surface area contributed by atoms with Crippen molar-refractivity contribution in [3.8, 4) is 0 Å². The molecule has 1 amide bonds. The predicted molar refractivity (Wildman–Crippen MR) is 92.8 cm³/mol. The van der Waals surface area contributed by atoms with Crippen LogP contribution in [0.4, 0.5) is 11.5 Å². The second-order valence-electron chi connectivity index (χ2n) is 5.83. The smallest absolute Gasteiger partial charge is 0.255 e. The van der Waals surface area contributed by atoms with Gasteiger partial charge < -0.3 is 10.6 Å². The second kappa shape index (κ2) is 5.72. The molecular weight excluding hydrogens is 286 g/mol. The first-order chi connectivity index (χ1) is 11.3. The second-order valence-corrected chi connectivity index (χ2v) is 5.83. The van der Waals surface area contributed by atoms with Crippen molar-refractivity contribution < 1.29 is 4.79 Å². The number of anilines is 2. The molecule has 0 radical (unpaired) electrons. The summed E-state index contributed by atoms with van der Waals surface area (Å²) in [6.45, 7) is 0.